The van der Waals surface area contributed by atoms with E-state index in [-0.39, 0.29) is 10.6 Å². The van der Waals surface area contributed by atoms with Gasteiger partial charge in [-0.15, -0.1) is 0 Å². The van der Waals surface area contributed by atoms with Crippen molar-refractivity contribution in [1.29, 1.82) is 0 Å². The predicted octanol–water partition coefficient (Wildman–Crippen LogP) is 1.20. The van der Waals surface area contributed by atoms with Crippen LogP contribution in [0.25, 0.3) is 0 Å². The van der Waals surface area contributed by atoms with Gasteiger partial charge in [0.1, 0.15) is 19.3 Å². The molecule has 1 heterocycles. The molecule has 0 saturated heterocycles. The third-order valence-electron chi connectivity index (χ3n) is 2.27. The van der Waals surface area contributed by atoms with E-state index in [9.17, 15) is 4.79 Å². The molecule has 0 spiro atoms. The summed E-state index contributed by atoms with van der Waals surface area (Å²) in [4.78, 5) is 10.9. The van der Waals surface area contributed by atoms with Crippen molar-refractivity contribution in [3.8, 4) is 11.5 Å². The van der Waals surface area contributed by atoms with Crippen molar-refractivity contribution in [2.45, 2.75) is 6.04 Å². The first-order valence-corrected chi connectivity index (χ1v) is 5.05. The van der Waals surface area contributed by atoms with Crippen molar-refractivity contribution in [1.82, 2.24) is 0 Å². The molecule has 1 atom stereocenters. The summed E-state index contributed by atoms with van der Waals surface area (Å²) in [6.07, 6.45) is 0. The molecule has 5 nitrogen and oxygen atoms in total. The second kappa shape index (κ2) is 4.19. The highest BCUT2D eigenvalue weighted by Crippen LogP contribution is 2.40. The van der Waals surface area contributed by atoms with Crippen LogP contribution >= 0.6 is 11.6 Å². The zero-order chi connectivity index (χ0) is 11.7. The topological polar surface area (TPSA) is 81.8 Å². The van der Waals surface area contributed by atoms with E-state index in [4.69, 9.17) is 31.9 Å². The summed E-state index contributed by atoms with van der Waals surface area (Å²) in [5.74, 6) is -0.361. The van der Waals surface area contributed by atoms with Crippen LogP contribution in [0, 0.1) is 0 Å². The van der Waals surface area contributed by atoms with E-state index < -0.39 is 12.0 Å². The summed E-state index contributed by atoms with van der Waals surface area (Å²) in [6.45, 7) is 0.781. The van der Waals surface area contributed by atoms with E-state index in [2.05, 4.69) is 0 Å². The van der Waals surface area contributed by atoms with Crippen LogP contribution in [0.1, 0.15) is 11.6 Å². The molecule has 0 saturated carbocycles. The highest BCUT2D eigenvalue weighted by atomic mass is 35.5. The van der Waals surface area contributed by atoms with Gasteiger partial charge in [-0.3, -0.25) is 4.79 Å². The maximum Gasteiger partial charge on any atom is 0.325 e. The average molecular weight is 244 g/mol. The number of rotatable bonds is 2. The van der Waals surface area contributed by atoms with Gasteiger partial charge in [0.05, 0.1) is 0 Å². The van der Waals surface area contributed by atoms with Crippen molar-refractivity contribution < 1.29 is 19.4 Å². The molecule has 0 radical (unpaired) electrons. The standard InChI is InChI=1S/C10H10ClNO4/c11-5-1-2-6-9(16-4-3-15-6)7(5)8(12)10(13)14/h1-2,8H,3-4,12H2,(H,13,14). The number of benzene rings is 1. The Morgan fingerprint density at radius 3 is 2.81 bits per heavy atom. The van der Waals surface area contributed by atoms with Gasteiger partial charge in [-0.2, -0.15) is 0 Å². The summed E-state index contributed by atoms with van der Waals surface area (Å²) >= 11 is 5.92. The van der Waals surface area contributed by atoms with Gasteiger partial charge in [0.15, 0.2) is 11.5 Å². The summed E-state index contributed by atoms with van der Waals surface area (Å²) in [5, 5.41) is 9.14. The molecule has 1 unspecified atom stereocenters. The van der Waals surface area contributed by atoms with Crippen LogP contribution in [0.3, 0.4) is 0 Å². The Morgan fingerprint density at radius 1 is 1.44 bits per heavy atom. The third kappa shape index (κ3) is 1.79. The zero-order valence-electron chi connectivity index (χ0n) is 8.27. The first kappa shape index (κ1) is 11.0. The van der Waals surface area contributed by atoms with Crippen molar-refractivity contribution >= 4 is 17.6 Å². The second-order valence-electron chi connectivity index (χ2n) is 3.30. The lowest BCUT2D eigenvalue weighted by molar-refractivity contribution is -0.138. The summed E-state index contributed by atoms with van der Waals surface area (Å²) in [7, 11) is 0. The number of aliphatic carboxylic acids is 1. The molecule has 6 heteroatoms. The molecular formula is C10H10ClNO4. The van der Waals surface area contributed by atoms with Crippen molar-refractivity contribution in [2.75, 3.05) is 13.2 Å². The summed E-state index contributed by atoms with van der Waals surface area (Å²) in [5.41, 5.74) is 5.80. The zero-order valence-corrected chi connectivity index (χ0v) is 9.03. The van der Waals surface area contributed by atoms with Crippen LogP contribution in [0.4, 0.5) is 0 Å². The fourth-order valence-electron chi connectivity index (χ4n) is 1.53. The van der Waals surface area contributed by atoms with Gasteiger partial charge in [0.2, 0.25) is 0 Å². The van der Waals surface area contributed by atoms with Crippen LogP contribution in [-0.2, 0) is 4.79 Å². The van der Waals surface area contributed by atoms with E-state index >= 15 is 0 Å². The molecule has 3 N–H and O–H groups in total. The number of ether oxygens (including phenoxy) is 2. The fourth-order valence-corrected chi connectivity index (χ4v) is 1.79. The van der Waals surface area contributed by atoms with E-state index in [1.54, 1.807) is 12.1 Å². The summed E-state index contributed by atoms with van der Waals surface area (Å²) in [6, 6.07) is 1.96. The SMILES string of the molecule is NC(C(=O)O)c1c(Cl)ccc2c1OCCO2. The average Bonchev–Trinajstić information content (AvgIpc) is 2.28. The predicted molar refractivity (Wildman–Crippen MR) is 57.0 cm³/mol. The van der Waals surface area contributed by atoms with Crippen LogP contribution < -0.4 is 15.2 Å². The number of hydrogen-bond donors (Lipinski definition) is 2. The number of nitrogens with two attached hydrogens (primary N) is 1. The maximum absolute atomic E-state index is 10.9. The number of carboxylic acid groups (broad SMARTS) is 1. The lowest BCUT2D eigenvalue weighted by Crippen LogP contribution is -2.24. The van der Waals surface area contributed by atoms with Crippen molar-refractivity contribution in [3.05, 3.63) is 22.7 Å². The third-order valence-corrected chi connectivity index (χ3v) is 2.60. The smallest absolute Gasteiger partial charge is 0.325 e. The van der Waals surface area contributed by atoms with Gasteiger partial charge < -0.3 is 20.3 Å². The molecule has 86 valence electrons. The van der Waals surface area contributed by atoms with Crippen LogP contribution in [-0.4, -0.2) is 24.3 Å². The normalized spacial score (nSPS) is 15.6. The Morgan fingerprint density at radius 2 is 2.12 bits per heavy atom. The van der Waals surface area contributed by atoms with Crippen LogP contribution in [0.5, 0.6) is 11.5 Å². The van der Waals surface area contributed by atoms with Crippen LogP contribution in [0.2, 0.25) is 5.02 Å². The van der Waals surface area contributed by atoms with E-state index in [1.165, 1.54) is 0 Å². The van der Waals surface area contributed by atoms with Crippen molar-refractivity contribution in [3.63, 3.8) is 0 Å². The van der Waals surface area contributed by atoms with E-state index in [0.29, 0.717) is 24.7 Å². The highest BCUT2D eigenvalue weighted by molar-refractivity contribution is 6.32. The maximum atomic E-state index is 10.9. The fraction of sp³-hybridized carbons (Fsp3) is 0.300. The number of carboxylic acids is 1. The first-order chi connectivity index (χ1) is 7.61. The first-order valence-electron chi connectivity index (χ1n) is 4.67. The molecule has 0 aromatic heterocycles. The van der Waals surface area contributed by atoms with Gasteiger partial charge in [0, 0.05) is 10.6 Å². The molecule has 1 aromatic carbocycles. The highest BCUT2D eigenvalue weighted by Gasteiger charge is 2.26. The lowest BCUT2D eigenvalue weighted by Gasteiger charge is -2.23. The quantitative estimate of drug-likeness (QED) is 0.816. The van der Waals surface area contributed by atoms with Gasteiger partial charge in [-0.05, 0) is 12.1 Å². The van der Waals surface area contributed by atoms with E-state index in [1.807, 2.05) is 0 Å². The molecule has 1 aromatic rings. The minimum atomic E-state index is -1.22. The molecule has 0 bridgehead atoms. The molecule has 2 rings (SSSR count). The summed E-state index contributed by atoms with van der Waals surface area (Å²) < 4.78 is 10.7. The molecule has 0 amide bonds. The lowest BCUT2D eigenvalue weighted by atomic mass is 10.1. The van der Waals surface area contributed by atoms with Crippen molar-refractivity contribution in [2.24, 2.45) is 5.73 Å². The van der Waals surface area contributed by atoms with Gasteiger partial charge >= 0.3 is 5.97 Å². The Hall–Kier alpha value is -1.46. The molecule has 1 aliphatic heterocycles. The number of carbonyl (C=O) groups is 1. The Kier molecular flexibility index (Phi) is 2.89. The Bertz CT molecular complexity index is 435. The molecule has 0 aliphatic carbocycles. The molecule has 16 heavy (non-hydrogen) atoms. The van der Waals surface area contributed by atoms with Gasteiger partial charge in [-0.1, -0.05) is 11.6 Å². The molecule has 1 aliphatic rings. The van der Waals surface area contributed by atoms with Gasteiger partial charge in [0.25, 0.3) is 0 Å². The Balaban J connectivity index is 2.53. The number of hydrogen-bond acceptors (Lipinski definition) is 4. The Labute approximate surface area is 96.7 Å². The van der Waals surface area contributed by atoms with Crippen LogP contribution in [0.15, 0.2) is 12.1 Å². The monoisotopic (exact) mass is 243 g/mol. The second-order valence-corrected chi connectivity index (χ2v) is 3.71. The largest absolute Gasteiger partial charge is 0.486 e. The minimum Gasteiger partial charge on any atom is -0.486 e. The molecular weight excluding hydrogens is 234 g/mol. The van der Waals surface area contributed by atoms with Gasteiger partial charge in [-0.25, -0.2) is 0 Å². The minimum absolute atomic E-state index is 0.256. The van der Waals surface area contributed by atoms with E-state index in [0.717, 1.165) is 0 Å². The number of halogens is 1. The molecule has 0 fully saturated rings. The number of fused-ring (bicyclic) bond motifs is 1.